The van der Waals surface area contributed by atoms with E-state index < -0.39 is 32.7 Å². The van der Waals surface area contributed by atoms with Crippen molar-refractivity contribution >= 4 is 7.82 Å². The zero-order valence-electron chi connectivity index (χ0n) is 10.6. The van der Waals surface area contributed by atoms with Crippen LogP contribution >= 0.6 is 7.82 Å². The topological polar surface area (TPSA) is 92.3 Å². The zero-order valence-corrected chi connectivity index (χ0v) is 11.5. The van der Waals surface area contributed by atoms with E-state index in [-0.39, 0.29) is 13.2 Å². The molecule has 0 saturated heterocycles. The monoisotopic (exact) mass is 296 g/mol. The average molecular weight is 296 g/mol. The predicted molar refractivity (Wildman–Crippen MR) is 61.1 cm³/mol. The Morgan fingerprint density at radius 1 is 1.21 bits per heavy atom. The van der Waals surface area contributed by atoms with Crippen LogP contribution in [0.3, 0.4) is 0 Å². The highest BCUT2D eigenvalue weighted by Crippen LogP contribution is 2.51. The first-order chi connectivity index (χ1) is 8.94. The summed E-state index contributed by atoms with van der Waals surface area (Å²) in [5.41, 5.74) is 0. The Balaban J connectivity index is 4.99. The van der Waals surface area contributed by atoms with Gasteiger partial charge in [-0.15, -0.1) is 0 Å². The fourth-order valence-electron chi connectivity index (χ4n) is 1.18. The van der Waals surface area contributed by atoms with E-state index in [0.717, 1.165) is 0 Å². The van der Waals surface area contributed by atoms with Crippen molar-refractivity contribution in [1.29, 1.82) is 10.5 Å². The Kier molecular flexibility index (Phi) is 8.46. The van der Waals surface area contributed by atoms with Gasteiger partial charge in [-0.2, -0.15) is 10.5 Å². The van der Waals surface area contributed by atoms with Crippen molar-refractivity contribution in [3.8, 4) is 12.1 Å². The normalized spacial score (nSPS) is 14.7. The third-order valence-electron chi connectivity index (χ3n) is 1.98. The maximum Gasteiger partial charge on any atom is 0.476 e. The molecule has 0 aliphatic carbocycles. The number of alkyl halides is 2. The minimum Gasteiger partial charge on any atom is -0.287 e. The van der Waals surface area contributed by atoms with E-state index in [9.17, 15) is 13.3 Å². The molecule has 0 aliphatic rings. The Hall–Kier alpha value is -1.05. The summed E-state index contributed by atoms with van der Waals surface area (Å²) < 4.78 is 51.6. The van der Waals surface area contributed by atoms with Crippen molar-refractivity contribution in [3.05, 3.63) is 0 Å². The van der Waals surface area contributed by atoms with Crippen molar-refractivity contribution in [2.75, 3.05) is 13.2 Å². The molecule has 0 spiro atoms. The third kappa shape index (κ3) is 6.09. The summed E-state index contributed by atoms with van der Waals surface area (Å²) in [5.74, 6) is -1.68. The molecule has 0 amide bonds. The number of hydrogen-bond donors (Lipinski definition) is 0. The molecule has 0 radical (unpaired) electrons. The number of hydrogen-bond acceptors (Lipinski definition) is 6. The molecule has 0 fully saturated rings. The highest BCUT2D eigenvalue weighted by Gasteiger charge is 2.38. The maximum atomic E-state index is 12.7. The molecular weight excluding hydrogens is 281 g/mol. The van der Waals surface area contributed by atoms with E-state index in [0.29, 0.717) is 0 Å². The fourth-order valence-corrected chi connectivity index (χ4v) is 2.49. The number of nitriles is 2. The molecule has 0 aromatic heterocycles. The van der Waals surface area contributed by atoms with Crippen LogP contribution in [-0.4, -0.2) is 25.7 Å². The van der Waals surface area contributed by atoms with Gasteiger partial charge < -0.3 is 0 Å². The average Bonchev–Trinajstić information content (AvgIpc) is 2.34. The number of rotatable bonds is 9. The first-order valence-electron chi connectivity index (χ1n) is 5.56. The first kappa shape index (κ1) is 17.9. The Labute approximate surface area is 110 Å². The number of halogens is 2. The van der Waals surface area contributed by atoms with Crippen LogP contribution in [0, 0.1) is 28.6 Å². The molecule has 0 rings (SSSR count). The second-order valence-electron chi connectivity index (χ2n) is 3.30. The Morgan fingerprint density at radius 2 is 1.74 bits per heavy atom. The molecule has 0 saturated carbocycles. The fraction of sp³-hybridized carbons (Fsp3) is 0.800. The minimum atomic E-state index is -4.07. The van der Waals surface area contributed by atoms with Crippen LogP contribution in [0.25, 0.3) is 0 Å². The predicted octanol–water partition coefficient (Wildman–Crippen LogP) is 2.87. The molecule has 9 heteroatoms. The second kappa shape index (κ2) is 8.95. The molecule has 0 heterocycles. The van der Waals surface area contributed by atoms with Gasteiger partial charge in [0.05, 0.1) is 31.3 Å². The van der Waals surface area contributed by atoms with Gasteiger partial charge in [0.25, 0.3) is 0 Å². The Morgan fingerprint density at radius 3 is 2.05 bits per heavy atom. The highest BCUT2D eigenvalue weighted by molar-refractivity contribution is 7.48. The quantitative estimate of drug-likeness (QED) is 0.607. The summed E-state index contributed by atoms with van der Waals surface area (Å²) in [6, 6.07) is 2.99. The van der Waals surface area contributed by atoms with Crippen molar-refractivity contribution in [2.24, 2.45) is 5.92 Å². The number of phosphoric ester groups is 1. The van der Waals surface area contributed by atoms with Crippen molar-refractivity contribution in [2.45, 2.75) is 32.8 Å². The smallest absolute Gasteiger partial charge is 0.287 e. The van der Waals surface area contributed by atoms with Crippen molar-refractivity contribution in [3.63, 3.8) is 0 Å². The molecule has 2 unspecified atom stereocenters. The van der Waals surface area contributed by atoms with Crippen LogP contribution in [-0.2, 0) is 18.1 Å². The van der Waals surface area contributed by atoms with Crippen LogP contribution < -0.4 is 0 Å². The molecule has 0 N–H and O–H groups in total. The molecule has 0 aromatic carbocycles. The van der Waals surface area contributed by atoms with Gasteiger partial charge in [0.15, 0.2) is 6.10 Å². The van der Waals surface area contributed by atoms with E-state index in [2.05, 4.69) is 0 Å². The second-order valence-corrected chi connectivity index (χ2v) is 4.92. The lowest BCUT2D eigenvalue weighted by molar-refractivity contribution is 0.00762. The van der Waals surface area contributed by atoms with Gasteiger partial charge in [0.2, 0.25) is 6.43 Å². The van der Waals surface area contributed by atoms with Crippen LogP contribution in [0.4, 0.5) is 8.78 Å². The summed E-state index contributed by atoms with van der Waals surface area (Å²) in [6.45, 7) is 2.95. The lowest BCUT2D eigenvalue weighted by Gasteiger charge is -2.23. The van der Waals surface area contributed by atoms with Crippen LogP contribution in [0.5, 0.6) is 0 Å². The SMILES string of the molecule is CCOP(=O)(OCC)OC(C#N)C(CC#N)C(F)F. The van der Waals surface area contributed by atoms with Gasteiger partial charge in [0, 0.05) is 6.42 Å². The van der Waals surface area contributed by atoms with Gasteiger partial charge in [-0.05, 0) is 13.8 Å². The van der Waals surface area contributed by atoms with Gasteiger partial charge in [0.1, 0.15) is 0 Å². The van der Waals surface area contributed by atoms with Crippen LogP contribution in [0.15, 0.2) is 0 Å². The van der Waals surface area contributed by atoms with Gasteiger partial charge in [-0.1, -0.05) is 0 Å². The maximum absolute atomic E-state index is 12.7. The third-order valence-corrected chi connectivity index (χ3v) is 3.62. The van der Waals surface area contributed by atoms with Gasteiger partial charge in [-0.25, -0.2) is 13.3 Å². The molecule has 2 atom stereocenters. The summed E-state index contributed by atoms with van der Waals surface area (Å²) in [6.07, 6.45) is -5.31. The first-order valence-corrected chi connectivity index (χ1v) is 7.02. The molecule has 0 aliphatic heterocycles. The molecule has 6 nitrogen and oxygen atoms in total. The largest absolute Gasteiger partial charge is 0.476 e. The summed E-state index contributed by atoms with van der Waals surface area (Å²) in [5, 5.41) is 17.3. The summed E-state index contributed by atoms with van der Waals surface area (Å²) >= 11 is 0. The molecular formula is C10H15F2N2O4P. The number of nitrogens with zero attached hydrogens (tertiary/aromatic N) is 2. The minimum absolute atomic E-state index is 0.0347. The lowest BCUT2D eigenvalue weighted by atomic mass is 10.0. The zero-order chi connectivity index (χ0) is 14.9. The van der Waals surface area contributed by atoms with Gasteiger partial charge in [-0.3, -0.25) is 13.6 Å². The Bertz CT molecular complexity index is 384. The molecule has 108 valence electrons. The standard InChI is InChI=1S/C10H15F2N2O4P/c1-3-16-19(15,17-4-2)18-9(7-14)8(5-6-13)10(11)12/h8-10H,3-5H2,1-2H3. The summed E-state index contributed by atoms with van der Waals surface area (Å²) in [4.78, 5) is 0. The van der Waals surface area contributed by atoms with E-state index in [4.69, 9.17) is 24.1 Å². The summed E-state index contributed by atoms with van der Waals surface area (Å²) in [7, 11) is -4.07. The molecule has 0 aromatic rings. The van der Waals surface area contributed by atoms with E-state index >= 15 is 0 Å². The molecule has 19 heavy (non-hydrogen) atoms. The van der Waals surface area contributed by atoms with Crippen LogP contribution in [0.1, 0.15) is 20.3 Å². The van der Waals surface area contributed by atoms with E-state index in [1.54, 1.807) is 0 Å². The van der Waals surface area contributed by atoms with Gasteiger partial charge >= 0.3 is 7.82 Å². The van der Waals surface area contributed by atoms with E-state index in [1.807, 2.05) is 0 Å². The van der Waals surface area contributed by atoms with Crippen molar-refractivity contribution in [1.82, 2.24) is 0 Å². The number of phosphoric acid groups is 1. The van der Waals surface area contributed by atoms with Crippen LogP contribution in [0.2, 0.25) is 0 Å². The van der Waals surface area contributed by atoms with E-state index in [1.165, 1.54) is 26.0 Å². The molecule has 0 bridgehead atoms. The highest BCUT2D eigenvalue weighted by atomic mass is 31.2. The van der Waals surface area contributed by atoms with Crippen molar-refractivity contribution < 1.29 is 26.9 Å². The lowest BCUT2D eigenvalue weighted by Crippen LogP contribution is -2.28.